The topological polar surface area (TPSA) is 0 Å². The second-order valence-corrected chi connectivity index (χ2v) is 0.814. The Balaban J connectivity index is 2.30. The van der Waals surface area contributed by atoms with Gasteiger partial charge in [-0.1, -0.05) is 0 Å². The Labute approximate surface area is 27.3 Å². The van der Waals surface area contributed by atoms with Gasteiger partial charge >= 0.3 is 9.85 Å². The van der Waals surface area contributed by atoms with Crippen LogP contribution in [-0.4, -0.2) is 9.85 Å². The molecule has 0 spiro atoms. The van der Waals surface area contributed by atoms with Crippen LogP contribution in [0.4, 0.5) is 4.11 Å². The van der Waals surface area contributed by atoms with E-state index in [9.17, 15) is 4.11 Å². The predicted molar refractivity (Wildman–Crippen MR) is 15.7 cm³/mol. The van der Waals surface area contributed by atoms with Crippen molar-refractivity contribution < 1.29 is 4.11 Å². The molecule has 20 valence electrons. The Morgan fingerprint density at radius 1 is 2.00 bits per heavy atom. The summed E-state index contributed by atoms with van der Waals surface area (Å²) in [7, 11) is -0.721. The third-order valence-corrected chi connectivity index (χ3v) is 0.200. The lowest BCUT2D eigenvalue weighted by Crippen LogP contribution is -1.60. The van der Waals surface area contributed by atoms with Gasteiger partial charge < -0.3 is 0 Å². The maximum Gasteiger partial charge on any atom is 0.704 e. The molecule has 0 rings (SSSR count). The minimum absolute atomic E-state index is 0.721. The van der Waals surface area contributed by atoms with Crippen LogP contribution in [0.3, 0.4) is 0 Å². The Morgan fingerprint density at radius 2 is 2.25 bits per heavy atom. The molecule has 0 fully saturated rings. The Bertz CT molecular complexity index is 20.0. The highest BCUT2D eigenvalue weighted by Crippen LogP contribution is 1.50. The van der Waals surface area contributed by atoms with E-state index in [0.29, 0.717) is 0 Å². The summed E-state index contributed by atoms with van der Waals surface area (Å²) >= 11 is 0. The Hall–Kier alpha value is -0.203. The lowest BCUT2D eigenvalue weighted by molar-refractivity contribution is 0.882. The van der Waals surface area contributed by atoms with Crippen molar-refractivity contribution in [3.05, 3.63) is 12.3 Å². The van der Waals surface area contributed by atoms with E-state index in [1.54, 1.807) is 0 Å². The van der Waals surface area contributed by atoms with Crippen molar-refractivity contribution in [1.82, 2.24) is 0 Å². The van der Waals surface area contributed by atoms with Gasteiger partial charge in [-0.3, -0.25) is 0 Å². The average molecular weight is 73.1 g/mol. The SMILES string of the molecule is C=[C+][Si]F. The molecular formula is C2H2FSi+. The molecule has 0 aliphatic carbocycles. The smallest absolute Gasteiger partial charge is 0.238 e. The highest BCUT2D eigenvalue weighted by atomic mass is 28.3. The summed E-state index contributed by atoms with van der Waals surface area (Å²) in [5.74, 6) is 0. The van der Waals surface area contributed by atoms with E-state index in [1.807, 2.05) is 5.70 Å². The molecule has 2 heteroatoms. The highest BCUT2D eigenvalue weighted by Gasteiger charge is 1.88. The number of hydrogen-bond acceptors (Lipinski definition) is 0. The summed E-state index contributed by atoms with van der Waals surface area (Å²) in [5.41, 5.74) is 2.04. The normalized spacial score (nSPS) is 5.25. The van der Waals surface area contributed by atoms with Gasteiger partial charge in [0.15, 0.2) is 5.70 Å². The second-order valence-electron chi connectivity index (χ2n) is 0.271. The summed E-state index contributed by atoms with van der Waals surface area (Å²) in [5, 5.41) is 0. The third kappa shape index (κ3) is 1.80. The summed E-state index contributed by atoms with van der Waals surface area (Å²) in [6, 6.07) is 0. The highest BCUT2D eigenvalue weighted by molar-refractivity contribution is 6.30. The largest absolute Gasteiger partial charge is 0.704 e. The summed E-state index contributed by atoms with van der Waals surface area (Å²) < 4.78 is 10.6. The maximum absolute atomic E-state index is 10.6. The molecule has 0 N–H and O–H groups in total. The Morgan fingerprint density at radius 3 is 2.25 bits per heavy atom. The van der Waals surface area contributed by atoms with Gasteiger partial charge in [0.25, 0.3) is 0 Å². The molecule has 0 heterocycles. The number of halogens is 1. The molecule has 0 saturated carbocycles. The first-order chi connectivity index (χ1) is 1.91. The average Bonchev–Trinajstić information content (AvgIpc) is 1.37. The van der Waals surface area contributed by atoms with Crippen LogP contribution in [-0.2, 0) is 0 Å². The Kier molecular flexibility index (Phi) is 2.65. The number of rotatable bonds is 1. The first-order valence-electron chi connectivity index (χ1n) is 0.793. The second kappa shape index (κ2) is 2.80. The van der Waals surface area contributed by atoms with Gasteiger partial charge in [0.1, 0.15) is 6.58 Å². The lowest BCUT2D eigenvalue weighted by Gasteiger charge is -1.24. The molecule has 0 aromatic rings. The van der Waals surface area contributed by atoms with Gasteiger partial charge in [0.2, 0.25) is 0 Å². The molecule has 2 radical (unpaired) electrons. The van der Waals surface area contributed by atoms with Crippen LogP contribution >= 0.6 is 0 Å². The van der Waals surface area contributed by atoms with E-state index in [0.717, 1.165) is 0 Å². The molecular weight excluding hydrogens is 71.1 g/mol. The van der Waals surface area contributed by atoms with Crippen molar-refractivity contribution in [2.45, 2.75) is 0 Å². The summed E-state index contributed by atoms with van der Waals surface area (Å²) in [4.78, 5) is 0. The quantitative estimate of drug-likeness (QED) is 0.241. The minimum Gasteiger partial charge on any atom is -0.238 e. The van der Waals surface area contributed by atoms with Gasteiger partial charge in [-0.25, -0.2) is 4.11 Å². The lowest BCUT2D eigenvalue weighted by atomic mass is 11.3. The summed E-state index contributed by atoms with van der Waals surface area (Å²) in [6.45, 7) is 2.99. The van der Waals surface area contributed by atoms with Crippen molar-refractivity contribution in [1.29, 1.82) is 0 Å². The molecule has 0 aromatic heterocycles. The van der Waals surface area contributed by atoms with Gasteiger partial charge in [0.05, 0.1) is 0 Å². The molecule has 0 nitrogen and oxygen atoms in total. The zero-order valence-corrected chi connectivity index (χ0v) is 3.09. The third-order valence-electron chi connectivity index (χ3n) is 0.0668. The fraction of sp³-hybridized carbons (Fsp3) is 0. The fourth-order valence-corrected chi connectivity index (χ4v) is 0. The fourth-order valence-electron chi connectivity index (χ4n) is 0. The van der Waals surface area contributed by atoms with Crippen molar-refractivity contribution in [3.63, 3.8) is 0 Å². The molecule has 0 aliphatic heterocycles. The van der Waals surface area contributed by atoms with E-state index >= 15 is 0 Å². The molecule has 0 amide bonds. The van der Waals surface area contributed by atoms with Gasteiger partial charge in [-0.15, -0.1) is 0 Å². The van der Waals surface area contributed by atoms with Crippen molar-refractivity contribution in [2.75, 3.05) is 0 Å². The number of hydrogen-bond donors (Lipinski definition) is 0. The molecule has 0 unspecified atom stereocenters. The van der Waals surface area contributed by atoms with Crippen LogP contribution in [0.25, 0.3) is 0 Å². The van der Waals surface area contributed by atoms with Crippen LogP contribution in [0.2, 0.25) is 0 Å². The van der Waals surface area contributed by atoms with E-state index in [4.69, 9.17) is 0 Å². The summed E-state index contributed by atoms with van der Waals surface area (Å²) in [6.07, 6.45) is 0. The molecule has 0 aliphatic rings. The molecule has 0 saturated heterocycles. The van der Waals surface area contributed by atoms with E-state index in [-0.39, 0.29) is 0 Å². The molecule has 0 aromatic carbocycles. The predicted octanol–water partition coefficient (Wildman–Crippen LogP) is 0.522. The van der Waals surface area contributed by atoms with Crippen molar-refractivity contribution in [2.24, 2.45) is 0 Å². The van der Waals surface area contributed by atoms with Gasteiger partial charge in [-0.2, -0.15) is 0 Å². The van der Waals surface area contributed by atoms with Gasteiger partial charge in [0, 0.05) is 0 Å². The van der Waals surface area contributed by atoms with Crippen LogP contribution < -0.4 is 0 Å². The maximum atomic E-state index is 10.6. The minimum atomic E-state index is -0.721. The van der Waals surface area contributed by atoms with Crippen molar-refractivity contribution >= 4 is 9.85 Å². The van der Waals surface area contributed by atoms with E-state index in [1.165, 1.54) is 0 Å². The van der Waals surface area contributed by atoms with E-state index < -0.39 is 9.85 Å². The van der Waals surface area contributed by atoms with Crippen LogP contribution in [0.5, 0.6) is 0 Å². The molecule has 0 bridgehead atoms. The van der Waals surface area contributed by atoms with Crippen LogP contribution in [0, 0.1) is 5.70 Å². The molecule has 0 atom stereocenters. The molecule has 4 heavy (non-hydrogen) atoms. The van der Waals surface area contributed by atoms with Crippen LogP contribution in [0.1, 0.15) is 0 Å². The monoisotopic (exact) mass is 73.0 g/mol. The van der Waals surface area contributed by atoms with Gasteiger partial charge in [-0.05, 0) is 0 Å². The first-order valence-corrected chi connectivity index (χ1v) is 1.67. The zero-order valence-electron chi connectivity index (χ0n) is 2.09. The van der Waals surface area contributed by atoms with Crippen molar-refractivity contribution in [3.8, 4) is 0 Å². The van der Waals surface area contributed by atoms with Crippen LogP contribution in [0.15, 0.2) is 6.58 Å². The van der Waals surface area contributed by atoms with E-state index in [2.05, 4.69) is 6.58 Å². The standard InChI is InChI=1S/C2H2FSi/c1-2-4-3/h1H2/q+1. The first kappa shape index (κ1) is 3.80. The zero-order chi connectivity index (χ0) is 3.41.